The molecule has 3 rings (SSSR count). The van der Waals surface area contributed by atoms with E-state index in [1.165, 1.54) is 24.3 Å². The van der Waals surface area contributed by atoms with Gasteiger partial charge in [-0.1, -0.05) is 29.8 Å². The zero-order chi connectivity index (χ0) is 18.9. The van der Waals surface area contributed by atoms with Crippen LogP contribution >= 0.6 is 11.6 Å². The minimum absolute atomic E-state index is 0.0635. The molecule has 26 heavy (non-hydrogen) atoms. The molecule has 0 aliphatic carbocycles. The van der Waals surface area contributed by atoms with Crippen molar-refractivity contribution < 1.29 is 21.6 Å². The van der Waals surface area contributed by atoms with Crippen LogP contribution in [0, 0.1) is 0 Å². The molecule has 2 aromatic rings. The van der Waals surface area contributed by atoms with E-state index in [-0.39, 0.29) is 28.4 Å². The van der Waals surface area contributed by atoms with E-state index in [0.29, 0.717) is 10.7 Å². The van der Waals surface area contributed by atoms with Gasteiger partial charge in [0.15, 0.2) is 19.7 Å². The van der Waals surface area contributed by atoms with Gasteiger partial charge in [0.25, 0.3) is 5.91 Å². The van der Waals surface area contributed by atoms with Crippen molar-refractivity contribution in [2.24, 2.45) is 0 Å². The number of anilines is 1. The Bertz CT molecular complexity index is 1060. The van der Waals surface area contributed by atoms with Gasteiger partial charge in [-0.3, -0.25) is 4.79 Å². The lowest BCUT2D eigenvalue weighted by Crippen LogP contribution is -2.23. The molecule has 1 atom stereocenters. The van der Waals surface area contributed by atoms with Crippen molar-refractivity contribution in [2.45, 2.75) is 16.6 Å². The third-order valence-electron chi connectivity index (χ3n) is 4.18. The molecule has 1 aliphatic heterocycles. The molecule has 2 aromatic carbocycles. The first-order chi connectivity index (χ1) is 12.2. The summed E-state index contributed by atoms with van der Waals surface area (Å²) < 4.78 is 48.6. The fraction of sp³-hybridized carbons (Fsp3) is 0.235. The molecular formula is C17H16ClNO5S2. The Hall–Kier alpha value is -1.90. The molecular weight excluding hydrogens is 398 g/mol. The Morgan fingerprint density at radius 3 is 2.50 bits per heavy atom. The van der Waals surface area contributed by atoms with E-state index in [0.717, 1.165) is 0 Å². The van der Waals surface area contributed by atoms with E-state index in [1.807, 2.05) is 0 Å². The summed E-state index contributed by atoms with van der Waals surface area (Å²) in [5.74, 6) is -1.02. The van der Waals surface area contributed by atoms with Gasteiger partial charge in [-0.15, -0.1) is 0 Å². The monoisotopic (exact) mass is 413 g/mol. The molecule has 1 saturated heterocycles. The number of amides is 1. The molecule has 1 N–H and O–H groups in total. The van der Waals surface area contributed by atoms with Crippen LogP contribution in [0.1, 0.15) is 16.8 Å². The first kappa shape index (κ1) is 18.9. The summed E-state index contributed by atoms with van der Waals surface area (Å²) in [6.45, 7) is 0. The lowest BCUT2D eigenvalue weighted by Gasteiger charge is -2.12. The van der Waals surface area contributed by atoms with Gasteiger partial charge in [-0.05, 0) is 36.8 Å². The SMILES string of the molecule is O=C(Nc1ccccc1Cl)c1cccc(S(=O)(=O)C2CCS(=O)(=O)C2)c1. The van der Waals surface area contributed by atoms with E-state index in [2.05, 4.69) is 5.32 Å². The lowest BCUT2D eigenvalue weighted by molar-refractivity contribution is 0.102. The maximum atomic E-state index is 12.7. The standard InChI is InChI=1S/C17H16ClNO5S2/c18-15-6-1-2-7-16(15)19-17(20)12-4-3-5-13(10-12)26(23,24)14-8-9-25(21,22)11-14/h1-7,10,14H,8-9,11H2,(H,19,20). The number of sulfone groups is 2. The Kier molecular flexibility index (Phi) is 5.09. The molecule has 1 fully saturated rings. The predicted molar refractivity (Wildman–Crippen MR) is 100 cm³/mol. The topological polar surface area (TPSA) is 97.4 Å². The van der Waals surface area contributed by atoms with Gasteiger partial charge in [-0.2, -0.15) is 0 Å². The van der Waals surface area contributed by atoms with Gasteiger partial charge in [0.2, 0.25) is 0 Å². The maximum absolute atomic E-state index is 12.7. The molecule has 0 saturated carbocycles. The molecule has 138 valence electrons. The Labute approximate surface area is 157 Å². The Balaban J connectivity index is 1.86. The zero-order valence-electron chi connectivity index (χ0n) is 13.6. The van der Waals surface area contributed by atoms with Gasteiger partial charge in [0.1, 0.15) is 0 Å². The van der Waals surface area contributed by atoms with Crippen LogP contribution in [0.25, 0.3) is 0 Å². The minimum atomic E-state index is -3.83. The van der Waals surface area contributed by atoms with E-state index in [4.69, 9.17) is 11.6 Å². The third-order valence-corrected chi connectivity index (χ3v) is 8.68. The summed E-state index contributed by atoms with van der Waals surface area (Å²) in [5.41, 5.74) is 0.557. The number of rotatable bonds is 4. The van der Waals surface area contributed by atoms with Crippen LogP contribution < -0.4 is 5.32 Å². The smallest absolute Gasteiger partial charge is 0.255 e. The van der Waals surface area contributed by atoms with Gasteiger partial charge >= 0.3 is 0 Å². The van der Waals surface area contributed by atoms with E-state index >= 15 is 0 Å². The van der Waals surface area contributed by atoms with Crippen LogP contribution in [0.15, 0.2) is 53.4 Å². The normalized spacial score (nSPS) is 19.2. The number of carbonyl (C=O) groups is 1. The second-order valence-corrected chi connectivity index (χ2v) is 10.9. The maximum Gasteiger partial charge on any atom is 0.255 e. The summed E-state index contributed by atoms with van der Waals surface area (Å²) in [6, 6.07) is 12.2. The second kappa shape index (κ2) is 7.02. The number of hydrogen-bond acceptors (Lipinski definition) is 5. The van der Waals surface area contributed by atoms with Crippen LogP contribution in [-0.4, -0.2) is 39.5 Å². The highest BCUT2D eigenvalue weighted by atomic mass is 35.5. The zero-order valence-corrected chi connectivity index (χ0v) is 15.9. The summed E-state index contributed by atoms with van der Waals surface area (Å²) in [6.07, 6.45) is 0.0702. The van der Waals surface area contributed by atoms with E-state index in [9.17, 15) is 21.6 Å². The molecule has 1 aliphatic rings. The number of hydrogen-bond donors (Lipinski definition) is 1. The van der Waals surface area contributed by atoms with E-state index in [1.54, 1.807) is 24.3 Å². The molecule has 0 bridgehead atoms. The second-order valence-electron chi connectivity index (χ2n) is 6.03. The average molecular weight is 414 g/mol. The van der Waals surface area contributed by atoms with Crippen LogP contribution in [0.2, 0.25) is 5.02 Å². The first-order valence-corrected chi connectivity index (χ1v) is 11.5. The van der Waals surface area contributed by atoms with Gasteiger partial charge in [0.05, 0.1) is 32.4 Å². The molecule has 9 heteroatoms. The Morgan fingerprint density at radius 2 is 1.85 bits per heavy atom. The first-order valence-electron chi connectivity index (χ1n) is 7.79. The summed E-state index contributed by atoms with van der Waals surface area (Å²) in [4.78, 5) is 12.3. The highest BCUT2D eigenvalue weighted by Gasteiger charge is 2.38. The van der Waals surface area contributed by atoms with Crippen molar-refractivity contribution in [2.75, 3.05) is 16.8 Å². The van der Waals surface area contributed by atoms with Crippen molar-refractivity contribution in [3.63, 3.8) is 0 Å². The molecule has 6 nitrogen and oxygen atoms in total. The van der Waals surface area contributed by atoms with Crippen molar-refractivity contribution >= 4 is 42.9 Å². The molecule has 0 radical (unpaired) electrons. The van der Waals surface area contributed by atoms with Crippen LogP contribution in [0.4, 0.5) is 5.69 Å². The Morgan fingerprint density at radius 1 is 1.12 bits per heavy atom. The van der Waals surface area contributed by atoms with E-state index < -0.39 is 30.8 Å². The van der Waals surface area contributed by atoms with Gasteiger partial charge in [0, 0.05) is 5.56 Å². The van der Waals surface area contributed by atoms with Crippen LogP contribution in [-0.2, 0) is 19.7 Å². The predicted octanol–water partition coefficient (Wildman–Crippen LogP) is 2.55. The lowest BCUT2D eigenvalue weighted by atomic mass is 10.2. The highest BCUT2D eigenvalue weighted by Crippen LogP contribution is 2.26. The number of halogens is 1. The summed E-state index contributed by atoms with van der Waals surface area (Å²) in [5, 5.41) is 2.01. The number of nitrogens with one attached hydrogen (secondary N) is 1. The number of carbonyl (C=O) groups excluding carboxylic acids is 1. The molecule has 1 amide bonds. The minimum Gasteiger partial charge on any atom is -0.321 e. The average Bonchev–Trinajstić information content (AvgIpc) is 2.98. The fourth-order valence-electron chi connectivity index (χ4n) is 2.77. The molecule has 1 heterocycles. The molecule has 0 aromatic heterocycles. The summed E-state index contributed by atoms with van der Waals surface area (Å²) >= 11 is 6.00. The molecule has 0 spiro atoms. The molecule has 1 unspecified atom stereocenters. The largest absolute Gasteiger partial charge is 0.321 e. The van der Waals surface area contributed by atoms with Crippen LogP contribution in [0.3, 0.4) is 0 Å². The van der Waals surface area contributed by atoms with Gasteiger partial charge < -0.3 is 5.32 Å². The third kappa shape index (κ3) is 3.92. The fourth-order valence-corrected chi connectivity index (χ4v) is 7.36. The van der Waals surface area contributed by atoms with Crippen LogP contribution in [0.5, 0.6) is 0 Å². The number of para-hydroxylation sites is 1. The van der Waals surface area contributed by atoms with Gasteiger partial charge in [-0.25, -0.2) is 16.8 Å². The number of benzene rings is 2. The van der Waals surface area contributed by atoms with Crippen molar-refractivity contribution in [1.29, 1.82) is 0 Å². The van der Waals surface area contributed by atoms with Crippen molar-refractivity contribution in [3.8, 4) is 0 Å². The quantitative estimate of drug-likeness (QED) is 0.830. The van der Waals surface area contributed by atoms with Crippen molar-refractivity contribution in [1.82, 2.24) is 0 Å². The summed E-state index contributed by atoms with van der Waals surface area (Å²) in [7, 11) is -7.16. The van der Waals surface area contributed by atoms with Crippen molar-refractivity contribution in [3.05, 3.63) is 59.1 Å². The highest BCUT2D eigenvalue weighted by molar-refractivity contribution is 7.96.